The standard InChI is InChI=1S/C26H42O3/c1-16-6-11-26(28-15-16)14-22-23(29-26)13-21-19-5-4-17-12-18(27)7-9-24(17,2)20(19)8-10-25(21,22)3/h16-23,27H,4-15H2,1-3H3/t16-,17+,18+,19+,20-,21+,22-,23+,24+,25+,26-/m1/s1. The molecule has 1 spiro atoms. The Morgan fingerprint density at radius 2 is 1.66 bits per heavy atom. The van der Waals surface area contributed by atoms with E-state index in [1.807, 2.05) is 0 Å². The summed E-state index contributed by atoms with van der Waals surface area (Å²) in [6.45, 7) is 8.42. The van der Waals surface area contributed by atoms with Crippen molar-refractivity contribution in [1.82, 2.24) is 0 Å². The second-order valence-electron chi connectivity index (χ2n) is 12.7. The Hall–Kier alpha value is -0.120. The average molecular weight is 403 g/mol. The molecule has 2 aliphatic heterocycles. The Kier molecular flexibility index (Phi) is 4.35. The zero-order valence-electron chi connectivity index (χ0n) is 18.9. The maximum absolute atomic E-state index is 10.3. The van der Waals surface area contributed by atoms with Crippen molar-refractivity contribution < 1.29 is 14.6 Å². The molecule has 4 saturated carbocycles. The maximum atomic E-state index is 10.3. The van der Waals surface area contributed by atoms with Crippen LogP contribution in [0.3, 0.4) is 0 Å². The Balaban J connectivity index is 1.23. The molecule has 6 aliphatic rings. The van der Waals surface area contributed by atoms with Crippen LogP contribution in [0, 0.1) is 46.3 Å². The van der Waals surface area contributed by atoms with E-state index in [-0.39, 0.29) is 11.9 Å². The van der Waals surface area contributed by atoms with E-state index >= 15 is 0 Å². The highest BCUT2D eigenvalue weighted by molar-refractivity contribution is 5.13. The van der Waals surface area contributed by atoms with Gasteiger partial charge in [0.1, 0.15) is 0 Å². The van der Waals surface area contributed by atoms with Crippen molar-refractivity contribution in [3.05, 3.63) is 0 Å². The molecule has 3 nitrogen and oxygen atoms in total. The predicted molar refractivity (Wildman–Crippen MR) is 113 cm³/mol. The van der Waals surface area contributed by atoms with E-state index in [2.05, 4.69) is 20.8 Å². The lowest BCUT2D eigenvalue weighted by molar-refractivity contribution is -0.256. The smallest absolute Gasteiger partial charge is 0.169 e. The van der Waals surface area contributed by atoms with Crippen molar-refractivity contribution >= 4 is 0 Å². The van der Waals surface area contributed by atoms with Gasteiger partial charge in [-0.3, -0.25) is 0 Å². The highest BCUT2D eigenvalue weighted by Gasteiger charge is 2.66. The molecule has 3 heteroatoms. The minimum Gasteiger partial charge on any atom is -0.393 e. The quantitative estimate of drug-likeness (QED) is 0.577. The van der Waals surface area contributed by atoms with Gasteiger partial charge in [-0.1, -0.05) is 20.8 Å². The van der Waals surface area contributed by atoms with Crippen LogP contribution in [-0.4, -0.2) is 29.7 Å². The third-order valence-corrected chi connectivity index (χ3v) is 11.4. The van der Waals surface area contributed by atoms with Gasteiger partial charge in [0, 0.05) is 12.8 Å². The number of ether oxygens (including phenoxy) is 2. The number of hydrogen-bond donors (Lipinski definition) is 1. The first-order chi connectivity index (χ1) is 13.8. The van der Waals surface area contributed by atoms with Crippen LogP contribution in [0.5, 0.6) is 0 Å². The molecular formula is C26H42O3. The molecule has 0 aromatic carbocycles. The predicted octanol–water partition coefficient (Wildman–Crippen LogP) is 5.55. The molecule has 6 rings (SSSR count). The summed E-state index contributed by atoms with van der Waals surface area (Å²) >= 11 is 0. The number of aliphatic hydroxyl groups excluding tert-OH is 1. The lowest BCUT2D eigenvalue weighted by Gasteiger charge is -2.61. The monoisotopic (exact) mass is 402 g/mol. The van der Waals surface area contributed by atoms with Crippen molar-refractivity contribution in [2.75, 3.05) is 6.61 Å². The van der Waals surface area contributed by atoms with Gasteiger partial charge in [-0.2, -0.15) is 0 Å². The van der Waals surface area contributed by atoms with Crippen LogP contribution in [0.25, 0.3) is 0 Å². The molecule has 164 valence electrons. The summed E-state index contributed by atoms with van der Waals surface area (Å²) in [4.78, 5) is 0. The highest BCUT2D eigenvalue weighted by Crippen LogP contribution is 2.70. The topological polar surface area (TPSA) is 38.7 Å². The first-order valence-electron chi connectivity index (χ1n) is 12.8. The van der Waals surface area contributed by atoms with E-state index in [9.17, 15) is 5.11 Å². The van der Waals surface area contributed by atoms with Gasteiger partial charge in [0.2, 0.25) is 0 Å². The summed E-state index contributed by atoms with van der Waals surface area (Å²) in [7, 11) is 0. The molecule has 11 atom stereocenters. The minimum atomic E-state index is -0.240. The second-order valence-corrected chi connectivity index (χ2v) is 12.7. The minimum absolute atomic E-state index is 0.0351. The SMILES string of the molecule is C[C@@H]1CC[C@@]2(C[C@@H]3[C@H](C[C@H]4[C@H]5CC[C@H]6C[C@@H](O)CC[C@]6(C)[C@@H]5CC[C@]34C)O2)OC1. The van der Waals surface area contributed by atoms with Gasteiger partial charge in [0.05, 0.1) is 18.8 Å². The maximum Gasteiger partial charge on any atom is 0.169 e. The van der Waals surface area contributed by atoms with Crippen molar-refractivity contribution in [2.24, 2.45) is 46.3 Å². The normalized spacial score (nSPS) is 61.7. The van der Waals surface area contributed by atoms with Crippen LogP contribution >= 0.6 is 0 Å². The number of rotatable bonds is 0. The highest BCUT2D eigenvalue weighted by atomic mass is 16.7. The summed E-state index contributed by atoms with van der Waals surface area (Å²) < 4.78 is 13.1. The second kappa shape index (κ2) is 6.45. The van der Waals surface area contributed by atoms with Crippen LogP contribution < -0.4 is 0 Å². The Morgan fingerprint density at radius 1 is 0.828 bits per heavy atom. The first kappa shape index (κ1) is 19.6. The Labute approximate surface area is 177 Å². The number of fused-ring (bicyclic) bond motifs is 7. The fourth-order valence-electron chi connectivity index (χ4n) is 9.65. The van der Waals surface area contributed by atoms with Gasteiger partial charge < -0.3 is 14.6 Å². The summed E-state index contributed by atoms with van der Waals surface area (Å²) in [6.07, 6.45) is 14.1. The van der Waals surface area contributed by atoms with E-state index in [1.165, 1.54) is 44.9 Å². The summed E-state index contributed by atoms with van der Waals surface area (Å²) in [5, 5.41) is 10.3. The molecule has 1 N–H and O–H groups in total. The third-order valence-electron chi connectivity index (χ3n) is 11.4. The zero-order valence-corrected chi connectivity index (χ0v) is 18.9. The molecule has 0 aromatic heterocycles. The van der Waals surface area contributed by atoms with Gasteiger partial charge in [0.25, 0.3) is 0 Å². The molecular weight excluding hydrogens is 360 g/mol. The average Bonchev–Trinajstić information content (AvgIpc) is 3.18. The first-order valence-corrected chi connectivity index (χ1v) is 12.8. The van der Waals surface area contributed by atoms with E-state index in [4.69, 9.17) is 9.47 Å². The van der Waals surface area contributed by atoms with Crippen molar-refractivity contribution in [1.29, 1.82) is 0 Å². The van der Waals surface area contributed by atoms with Gasteiger partial charge in [-0.05, 0) is 104 Å². The van der Waals surface area contributed by atoms with Gasteiger partial charge in [-0.15, -0.1) is 0 Å². The molecule has 2 heterocycles. The van der Waals surface area contributed by atoms with Crippen molar-refractivity contribution in [3.63, 3.8) is 0 Å². The lowest BCUT2D eigenvalue weighted by atomic mass is 9.44. The fourth-order valence-corrected chi connectivity index (χ4v) is 9.65. The molecule has 4 aliphatic carbocycles. The molecule has 0 aromatic rings. The molecule has 0 radical (unpaired) electrons. The molecule has 29 heavy (non-hydrogen) atoms. The molecule has 0 bridgehead atoms. The van der Waals surface area contributed by atoms with Gasteiger partial charge in [-0.25, -0.2) is 0 Å². The summed E-state index contributed by atoms with van der Waals surface area (Å²) in [6, 6.07) is 0. The van der Waals surface area contributed by atoms with Crippen LogP contribution in [0.4, 0.5) is 0 Å². The van der Waals surface area contributed by atoms with Crippen molar-refractivity contribution in [3.8, 4) is 0 Å². The van der Waals surface area contributed by atoms with E-state index in [0.29, 0.717) is 28.8 Å². The van der Waals surface area contributed by atoms with E-state index < -0.39 is 0 Å². The number of hydrogen-bond acceptors (Lipinski definition) is 3. The third kappa shape index (κ3) is 2.72. The van der Waals surface area contributed by atoms with Crippen molar-refractivity contribution in [2.45, 2.75) is 109 Å². The van der Waals surface area contributed by atoms with Gasteiger partial charge >= 0.3 is 0 Å². The van der Waals surface area contributed by atoms with Crippen LogP contribution in [-0.2, 0) is 9.47 Å². The van der Waals surface area contributed by atoms with Crippen LogP contribution in [0.2, 0.25) is 0 Å². The number of aliphatic hydroxyl groups is 1. The Bertz CT molecular complexity index is 654. The van der Waals surface area contributed by atoms with E-state index in [0.717, 1.165) is 56.0 Å². The van der Waals surface area contributed by atoms with Gasteiger partial charge in [0.15, 0.2) is 5.79 Å². The molecule has 6 fully saturated rings. The van der Waals surface area contributed by atoms with E-state index in [1.54, 1.807) is 0 Å². The van der Waals surface area contributed by atoms with Crippen LogP contribution in [0.1, 0.15) is 91.4 Å². The molecule has 0 unspecified atom stereocenters. The largest absolute Gasteiger partial charge is 0.393 e. The molecule has 2 saturated heterocycles. The Morgan fingerprint density at radius 3 is 2.45 bits per heavy atom. The lowest BCUT2D eigenvalue weighted by Crippen LogP contribution is -2.54. The fraction of sp³-hybridized carbons (Fsp3) is 1.00. The summed E-state index contributed by atoms with van der Waals surface area (Å²) in [5.74, 6) is 4.54. The van der Waals surface area contributed by atoms with Crippen LogP contribution in [0.15, 0.2) is 0 Å². The summed E-state index contributed by atoms with van der Waals surface area (Å²) in [5.41, 5.74) is 0.936. The molecule has 0 amide bonds. The zero-order chi connectivity index (χ0) is 20.0.